The summed E-state index contributed by atoms with van der Waals surface area (Å²) >= 11 is 5.84. The number of rotatable bonds is 8. The minimum absolute atomic E-state index is 0.313. The highest BCUT2D eigenvalue weighted by Gasteiger charge is 2.22. The summed E-state index contributed by atoms with van der Waals surface area (Å²) in [4.78, 5) is 2.36. The third kappa shape index (κ3) is 4.22. The van der Waals surface area contributed by atoms with E-state index >= 15 is 0 Å². The van der Waals surface area contributed by atoms with Crippen molar-refractivity contribution in [2.75, 3.05) is 34.2 Å². The minimum Gasteiger partial charge on any atom is -0.349 e. The van der Waals surface area contributed by atoms with Crippen molar-refractivity contribution >= 4 is 21.6 Å². The molecule has 0 atom stereocenters. The van der Waals surface area contributed by atoms with Gasteiger partial charge in [-0.25, -0.2) is 12.7 Å². The summed E-state index contributed by atoms with van der Waals surface area (Å²) in [6.45, 7) is 4.05. The predicted molar refractivity (Wildman–Crippen MR) is 82.6 cm³/mol. The van der Waals surface area contributed by atoms with Crippen LogP contribution in [0.1, 0.15) is 19.0 Å². The molecule has 20 heavy (non-hydrogen) atoms. The SMILES string of the molecule is CCn1cc(S(=O)(=O)N(C)CCCN(C)C)cc1CCl. The summed E-state index contributed by atoms with van der Waals surface area (Å²) < 4.78 is 28.2. The average Bonchev–Trinajstić information content (AvgIpc) is 2.81. The van der Waals surface area contributed by atoms with E-state index in [9.17, 15) is 8.42 Å². The Morgan fingerprint density at radius 1 is 1.25 bits per heavy atom. The molecule has 0 bridgehead atoms. The zero-order valence-corrected chi connectivity index (χ0v) is 14.2. The van der Waals surface area contributed by atoms with Gasteiger partial charge in [0.1, 0.15) is 4.90 Å². The van der Waals surface area contributed by atoms with Gasteiger partial charge in [-0.3, -0.25) is 0 Å². The molecule has 0 fully saturated rings. The Labute approximate surface area is 127 Å². The molecule has 0 radical (unpaired) electrons. The molecule has 1 heterocycles. The summed E-state index contributed by atoms with van der Waals surface area (Å²) in [6.07, 6.45) is 2.47. The van der Waals surface area contributed by atoms with Crippen molar-refractivity contribution in [2.45, 2.75) is 30.7 Å². The number of hydrogen-bond donors (Lipinski definition) is 0. The fourth-order valence-electron chi connectivity index (χ4n) is 1.98. The molecule has 7 heteroatoms. The van der Waals surface area contributed by atoms with Gasteiger partial charge in [0.05, 0.1) is 5.88 Å². The largest absolute Gasteiger partial charge is 0.349 e. The number of alkyl halides is 1. The van der Waals surface area contributed by atoms with Gasteiger partial charge in [-0.15, -0.1) is 11.6 Å². The van der Waals surface area contributed by atoms with Crippen LogP contribution in [0.3, 0.4) is 0 Å². The van der Waals surface area contributed by atoms with Gasteiger partial charge in [-0.05, 0) is 40.1 Å². The molecule has 0 aliphatic heterocycles. The van der Waals surface area contributed by atoms with E-state index in [2.05, 4.69) is 0 Å². The first-order valence-electron chi connectivity index (χ1n) is 6.69. The van der Waals surface area contributed by atoms with E-state index in [0.29, 0.717) is 23.9 Å². The highest BCUT2D eigenvalue weighted by Crippen LogP contribution is 2.19. The fourth-order valence-corrected chi connectivity index (χ4v) is 3.49. The summed E-state index contributed by atoms with van der Waals surface area (Å²) in [5.41, 5.74) is 0.828. The van der Waals surface area contributed by atoms with Crippen LogP contribution in [-0.4, -0.2) is 56.4 Å². The molecule has 0 amide bonds. The first-order valence-corrected chi connectivity index (χ1v) is 8.66. The Morgan fingerprint density at radius 2 is 1.90 bits per heavy atom. The summed E-state index contributed by atoms with van der Waals surface area (Å²) in [5, 5.41) is 0. The van der Waals surface area contributed by atoms with Crippen molar-refractivity contribution in [1.82, 2.24) is 13.8 Å². The Hall–Kier alpha value is -0.560. The first kappa shape index (κ1) is 17.5. The smallest absolute Gasteiger partial charge is 0.244 e. The second-order valence-corrected chi connectivity index (χ2v) is 7.38. The van der Waals surface area contributed by atoms with E-state index in [4.69, 9.17) is 11.6 Å². The lowest BCUT2D eigenvalue weighted by Gasteiger charge is -2.17. The van der Waals surface area contributed by atoms with Crippen LogP contribution in [0.15, 0.2) is 17.2 Å². The molecule has 0 saturated heterocycles. The zero-order valence-electron chi connectivity index (χ0n) is 12.6. The van der Waals surface area contributed by atoms with Crippen molar-refractivity contribution in [2.24, 2.45) is 0 Å². The van der Waals surface area contributed by atoms with Crippen LogP contribution in [-0.2, 0) is 22.4 Å². The Bertz CT molecular complexity index is 504. The van der Waals surface area contributed by atoms with E-state index in [0.717, 1.165) is 18.7 Å². The molecule has 1 aromatic rings. The Balaban J connectivity index is 2.84. The second kappa shape index (κ2) is 7.45. The van der Waals surface area contributed by atoms with Gasteiger partial charge in [-0.1, -0.05) is 0 Å². The van der Waals surface area contributed by atoms with Gasteiger partial charge in [0.2, 0.25) is 10.0 Å². The molecule has 0 unspecified atom stereocenters. The van der Waals surface area contributed by atoms with Crippen molar-refractivity contribution < 1.29 is 8.42 Å². The molecule has 0 saturated carbocycles. The number of aromatic nitrogens is 1. The first-order chi connectivity index (χ1) is 9.32. The lowest BCUT2D eigenvalue weighted by molar-refractivity contribution is 0.370. The molecule has 1 rings (SSSR count). The molecule has 0 spiro atoms. The van der Waals surface area contributed by atoms with Crippen LogP contribution in [0.2, 0.25) is 0 Å². The van der Waals surface area contributed by atoms with Crippen molar-refractivity contribution in [3.05, 3.63) is 18.0 Å². The van der Waals surface area contributed by atoms with Gasteiger partial charge in [0, 0.05) is 32.0 Å². The highest BCUT2D eigenvalue weighted by atomic mass is 35.5. The quantitative estimate of drug-likeness (QED) is 0.686. The molecular formula is C13H24ClN3O2S. The maximum atomic E-state index is 12.5. The maximum Gasteiger partial charge on any atom is 0.244 e. The third-order valence-electron chi connectivity index (χ3n) is 3.22. The molecule has 116 valence electrons. The molecule has 0 aliphatic rings. The molecule has 5 nitrogen and oxygen atoms in total. The number of aryl methyl sites for hydroxylation is 1. The standard InChI is InChI=1S/C13H24ClN3O2S/c1-5-17-11-13(9-12(17)10-14)20(18,19)16(4)8-6-7-15(2)3/h9,11H,5-8,10H2,1-4H3. The van der Waals surface area contributed by atoms with Crippen LogP contribution < -0.4 is 0 Å². The molecule has 0 aromatic carbocycles. The molecule has 1 aromatic heterocycles. The average molecular weight is 322 g/mol. The summed E-state index contributed by atoms with van der Waals surface area (Å²) in [5.74, 6) is 0.313. The molecule has 0 aliphatic carbocycles. The van der Waals surface area contributed by atoms with Gasteiger partial charge in [-0.2, -0.15) is 0 Å². The lowest BCUT2D eigenvalue weighted by atomic mass is 10.4. The normalized spacial score (nSPS) is 12.6. The fraction of sp³-hybridized carbons (Fsp3) is 0.692. The van der Waals surface area contributed by atoms with Crippen LogP contribution >= 0.6 is 11.6 Å². The summed E-state index contributed by atoms with van der Waals surface area (Å²) in [6, 6.07) is 1.66. The van der Waals surface area contributed by atoms with Crippen LogP contribution in [0, 0.1) is 0 Å². The second-order valence-electron chi connectivity index (χ2n) is 5.07. The van der Waals surface area contributed by atoms with Crippen molar-refractivity contribution in [1.29, 1.82) is 0 Å². The Kier molecular flexibility index (Phi) is 6.51. The Morgan fingerprint density at radius 3 is 2.35 bits per heavy atom. The van der Waals surface area contributed by atoms with Crippen LogP contribution in [0.4, 0.5) is 0 Å². The van der Waals surface area contributed by atoms with Gasteiger partial charge >= 0.3 is 0 Å². The van der Waals surface area contributed by atoms with Crippen LogP contribution in [0.5, 0.6) is 0 Å². The van der Waals surface area contributed by atoms with E-state index < -0.39 is 10.0 Å². The highest BCUT2D eigenvalue weighted by molar-refractivity contribution is 7.89. The zero-order chi connectivity index (χ0) is 15.3. The lowest BCUT2D eigenvalue weighted by Crippen LogP contribution is -2.29. The third-order valence-corrected chi connectivity index (χ3v) is 5.32. The topological polar surface area (TPSA) is 45.6 Å². The molecule has 0 N–H and O–H groups in total. The minimum atomic E-state index is -3.42. The number of halogens is 1. The maximum absolute atomic E-state index is 12.5. The summed E-state index contributed by atoms with van der Waals surface area (Å²) in [7, 11) is 2.15. The number of nitrogens with zero attached hydrogens (tertiary/aromatic N) is 3. The van der Waals surface area contributed by atoms with Gasteiger partial charge in [0.15, 0.2) is 0 Å². The van der Waals surface area contributed by atoms with Gasteiger partial charge < -0.3 is 9.47 Å². The van der Waals surface area contributed by atoms with E-state index in [1.54, 1.807) is 19.3 Å². The van der Waals surface area contributed by atoms with Crippen molar-refractivity contribution in [3.63, 3.8) is 0 Å². The van der Waals surface area contributed by atoms with Crippen LogP contribution in [0.25, 0.3) is 0 Å². The number of hydrogen-bond acceptors (Lipinski definition) is 3. The van der Waals surface area contributed by atoms with E-state index in [-0.39, 0.29) is 0 Å². The monoisotopic (exact) mass is 321 g/mol. The van der Waals surface area contributed by atoms with Gasteiger partial charge in [0.25, 0.3) is 0 Å². The predicted octanol–water partition coefficient (Wildman–Crippen LogP) is 1.82. The van der Waals surface area contributed by atoms with E-state index in [1.807, 2.05) is 30.5 Å². The number of sulfonamides is 1. The van der Waals surface area contributed by atoms with E-state index in [1.165, 1.54) is 4.31 Å². The van der Waals surface area contributed by atoms with Crippen molar-refractivity contribution in [3.8, 4) is 0 Å². The molecular weight excluding hydrogens is 298 g/mol.